The summed E-state index contributed by atoms with van der Waals surface area (Å²) in [6.45, 7) is 3.72. The zero-order valence-electron chi connectivity index (χ0n) is 16.4. The van der Waals surface area contributed by atoms with Crippen molar-refractivity contribution in [1.82, 2.24) is 5.32 Å². The molecular formula is C23H22FN3O2. The van der Waals surface area contributed by atoms with E-state index in [1.54, 1.807) is 30.3 Å². The molecule has 3 saturated carbocycles. The van der Waals surface area contributed by atoms with Crippen LogP contribution < -0.4 is 10.6 Å². The number of nitriles is 1. The number of carbonyl (C=O) groups excluding carboxylic acids is 2. The lowest BCUT2D eigenvalue weighted by Crippen LogP contribution is -2.77. The lowest BCUT2D eigenvalue weighted by Gasteiger charge is -2.72. The average Bonchev–Trinajstić information content (AvgIpc) is 2.64. The zero-order valence-corrected chi connectivity index (χ0v) is 16.4. The fourth-order valence-electron chi connectivity index (χ4n) is 4.76. The van der Waals surface area contributed by atoms with Crippen molar-refractivity contribution in [2.75, 3.05) is 5.32 Å². The molecule has 2 bridgehead atoms. The van der Waals surface area contributed by atoms with Crippen LogP contribution >= 0.6 is 0 Å². The molecule has 0 heterocycles. The second kappa shape index (κ2) is 6.70. The highest BCUT2D eigenvalue weighted by atomic mass is 19.1. The third kappa shape index (κ3) is 3.27. The van der Waals surface area contributed by atoms with Gasteiger partial charge in [0.1, 0.15) is 5.82 Å². The SMILES string of the molecule is Cc1cc(C(=O)NC23CC(C(C)C(=O)Nc4ccc(F)cc4)(C2)C3)ccc1C#N. The Morgan fingerprint density at radius 3 is 2.38 bits per heavy atom. The minimum absolute atomic E-state index is 0.0843. The van der Waals surface area contributed by atoms with Gasteiger partial charge in [0.2, 0.25) is 5.91 Å². The number of carbonyl (C=O) groups is 2. The maximum Gasteiger partial charge on any atom is 0.251 e. The third-order valence-corrected chi connectivity index (χ3v) is 6.48. The maximum atomic E-state index is 13.0. The van der Waals surface area contributed by atoms with Crippen LogP contribution in [0.4, 0.5) is 10.1 Å². The molecule has 1 unspecified atom stereocenters. The van der Waals surface area contributed by atoms with Gasteiger partial charge in [0.25, 0.3) is 5.91 Å². The van der Waals surface area contributed by atoms with Crippen LogP contribution in [-0.2, 0) is 4.79 Å². The molecule has 3 fully saturated rings. The fourth-order valence-corrected chi connectivity index (χ4v) is 4.76. The molecular weight excluding hydrogens is 369 g/mol. The van der Waals surface area contributed by atoms with Crippen molar-refractivity contribution in [2.45, 2.75) is 38.6 Å². The van der Waals surface area contributed by atoms with E-state index < -0.39 is 0 Å². The molecule has 0 aliphatic heterocycles. The van der Waals surface area contributed by atoms with Gasteiger partial charge in [0, 0.05) is 22.7 Å². The van der Waals surface area contributed by atoms with Crippen molar-refractivity contribution in [3.63, 3.8) is 0 Å². The summed E-state index contributed by atoms with van der Waals surface area (Å²) >= 11 is 0. The molecule has 0 spiro atoms. The fraction of sp³-hybridized carbons (Fsp3) is 0.348. The van der Waals surface area contributed by atoms with Gasteiger partial charge in [0.05, 0.1) is 11.6 Å². The van der Waals surface area contributed by atoms with Crippen LogP contribution in [0.2, 0.25) is 0 Å². The van der Waals surface area contributed by atoms with Crippen molar-refractivity contribution in [1.29, 1.82) is 5.26 Å². The number of anilines is 1. The number of aryl methyl sites for hydroxylation is 1. The number of benzene rings is 2. The standard InChI is InChI=1S/C23H22FN3O2/c1-14-9-16(3-4-17(14)10-25)21(29)27-23-11-22(12-23,13-23)15(2)20(28)26-19-7-5-18(24)6-8-19/h3-9,15H,11-13H2,1-2H3,(H,26,28)(H,27,29). The molecule has 5 rings (SSSR count). The molecule has 2 aromatic rings. The summed E-state index contributed by atoms with van der Waals surface area (Å²) in [7, 11) is 0. The highest BCUT2D eigenvalue weighted by Crippen LogP contribution is 2.70. The monoisotopic (exact) mass is 391 g/mol. The highest BCUT2D eigenvalue weighted by Gasteiger charge is 2.71. The second-order valence-electron chi connectivity index (χ2n) is 8.49. The smallest absolute Gasteiger partial charge is 0.251 e. The summed E-state index contributed by atoms with van der Waals surface area (Å²) in [6.07, 6.45) is 2.33. The Morgan fingerprint density at radius 2 is 1.79 bits per heavy atom. The van der Waals surface area contributed by atoms with Gasteiger partial charge in [-0.25, -0.2) is 4.39 Å². The number of amides is 2. The summed E-state index contributed by atoms with van der Waals surface area (Å²) in [5.41, 5.74) is 2.14. The van der Waals surface area contributed by atoms with E-state index >= 15 is 0 Å². The summed E-state index contributed by atoms with van der Waals surface area (Å²) in [6, 6.07) is 12.9. The molecule has 29 heavy (non-hydrogen) atoms. The van der Waals surface area contributed by atoms with Gasteiger partial charge in [-0.15, -0.1) is 0 Å². The number of hydrogen-bond acceptors (Lipinski definition) is 3. The number of rotatable bonds is 5. The van der Waals surface area contributed by atoms with Gasteiger partial charge < -0.3 is 10.6 Å². The maximum absolute atomic E-state index is 13.0. The molecule has 3 aliphatic carbocycles. The average molecular weight is 391 g/mol. The molecule has 5 nitrogen and oxygen atoms in total. The van der Waals surface area contributed by atoms with Gasteiger partial charge in [-0.05, 0) is 79.6 Å². The number of halogens is 1. The van der Waals surface area contributed by atoms with E-state index in [-0.39, 0.29) is 34.5 Å². The molecule has 2 amide bonds. The first-order valence-electron chi connectivity index (χ1n) is 9.66. The van der Waals surface area contributed by atoms with Crippen molar-refractivity contribution in [2.24, 2.45) is 11.3 Å². The zero-order chi connectivity index (χ0) is 20.8. The van der Waals surface area contributed by atoms with Crippen LogP contribution in [0.15, 0.2) is 42.5 Å². The lowest BCUT2D eigenvalue weighted by atomic mass is 9.36. The van der Waals surface area contributed by atoms with E-state index in [0.717, 1.165) is 24.8 Å². The Morgan fingerprint density at radius 1 is 1.14 bits per heavy atom. The summed E-state index contributed by atoms with van der Waals surface area (Å²) in [4.78, 5) is 25.2. The Labute approximate surface area is 168 Å². The van der Waals surface area contributed by atoms with Crippen LogP contribution in [0, 0.1) is 35.4 Å². The summed E-state index contributed by atoms with van der Waals surface area (Å²) in [5, 5.41) is 15.0. The molecule has 0 aromatic heterocycles. The predicted molar refractivity (Wildman–Crippen MR) is 107 cm³/mol. The molecule has 1 atom stereocenters. The minimum Gasteiger partial charge on any atom is -0.347 e. The van der Waals surface area contributed by atoms with Crippen LogP contribution in [0.1, 0.15) is 47.7 Å². The molecule has 2 N–H and O–H groups in total. The van der Waals surface area contributed by atoms with Crippen molar-refractivity contribution < 1.29 is 14.0 Å². The van der Waals surface area contributed by atoms with Crippen LogP contribution in [0.3, 0.4) is 0 Å². The van der Waals surface area contributed by atoms with Crippen molar-refractivity contribution >= 4 is 17.5 Å². The first-order chi connectivity index (χ1) is 13.8. The molecule has 148 valence electrons. The lowest BCUT2D eigenvalue weighted by molar-refractivity contribution is -0.184. The third-order valence-electron chi connectivity index (χ3n) is 6.48. The molecule has 3 aliphatic rings. The Balaban J connectivity index is 1.34. The van der Waals surface area contributed by atoms with Gasteiger partial charge in [-0.1, -0.05) is 6.92 Å². The summed E-state index contributed by atoms with van der Waals surface area (Å²) < 4.78 is 13.0. The van der Waals surface area contributed by atoms with Crippen molar-refractivity contribution in [3.8, 4) is 6.07 Å². The number of nitrogens with zero attached hydrogens (tertiary/aromatic N) is 1. The summed E-state index contributed by atoms with van der Waals surface area (Å²) in [5.74, 6) is -0.762. The quantitative estimate of drug-likeness (QED) is 0.810. The highest BCUT2D eigenvalue weighted by molar-refractivity contribution is 5.96. The van der Waals surface area contributed by atoms with Gasteiger partial charge in [0.15, 0.2) is 0 Å². The topological polar surface area (TPSA) is 82.0 Å². The first-order valence-corrected chi connectivity index (χ1v) is 9.66. The Bertz CT molecular complexity index is 1020. The Hall–Kier alpha value is -3.20. The van der Waals surface area contributed by atoms with Gasteiger partial charge >= 0.3 is 0 Å². The minimum atomic E-state index is -0.342. The van der Waals surface area contributed by atoms with E-state index in [9.17, 15) is 14.0 Å². The molecule has 6 heteroatoms. The largest absolute Gasteiger partial charge is 0.347 e. The van der Waals surface area contributed by atoms with E-state index in [4.69, 9.17) is 5.26 Å². The van der Waals surface area contributed by atoms with Crippen LogP contribution in [0.5, 0.6) is 0 Å². The number of nitrogens with one attached hydrogen (secondary N) is 2. The molecule has 0 saturated heterocycles. The second-order valence-corrected chi connectivity index (χ2v) is 8.49. The van der Waals surface area contributed by atoms with E-state index in [2.05, 4.69) is 16.7 Å². The normalized spacial score (nSPS) is 25.0. The Kier molecular flexibility index (Phi) is 4.42. The van der Waals surface area contributed by atoms with E-state index in [0.29, 0.717) is 16.8 Å². The molecule has 0 radical (unpaired) electrons. The van der Waals surface area contributed by atoms with E-state index in [1.807, 2.05) is 13.8 Å². The van der Waals surface area contributed by atoms with Crippen LogP contribution in [0.25, 0.3) is 0 Å². The van der Waals surface area contributed by atoms with Gasteiger partial charge in [-0.3, -0.25) is 9.59 Å². The van der Waals surface area contributed by atoms with Crippen molar-refractivity contribution in [3.05, 3.63) is 65.0 Å². The molecule has 2 aromatic carbocycles. The van der Waals surface area contributed by atoms with E-state index in [1.165, 1.54) is 12.1 Å². The number of hydrogen-bond donors (Lipinski definition) is 2. The predicted octanol–water partition coefficient (Wildman–Crippen LogP) is 3.93. The van der Waals surface area contributed by atoms with Crippen LogP contribution in [-0.4, -0.2) is 17.4 Å². The van der Waals surface area contributed by atoms with Gasteiger partial charge in [-0.2, -0.15) is 5.26 Å². The first kappa shape index (κ1) is 19.1.